The lowest BCUT2D eigenvalue weighted by Crippen LogP contribution is -2.48. The number of nitrogens with one attached hydrogen (secondary N) is 2. The van der Waals surface area contributed by atoms with Crippen LogP contribution in [0.3, 0.4) is 0 Å². The molecular formula is C23H30F2N4O4. The number of halogens is 2. The van der Waals surface area contributed by atoms with Crippen molar-refractivity contribution in [1.82, 2.24) is 20.2 Å². The second-order valence-electron chi connectivity index (χ2n) is 8.85. The molecule has 8 nitrogen and oxygen atoms in total. The van der Waals surface area contributed by atoms with Crippen molar-refractivity contribution in [1.29, 1.82) is 0 Å². The van der Waals surface area contributed by atoms with Gasteiger partial charge in [0.25, 0.3) is 5.91 Å². The summed E-state index contributed by atoms with van der Waals surface area (Å²) in [4.78, 5) is 22.3. The molecule has 0 radical (unpaired) electrons. The van der Waals surface area contributed by atoms with Crippen molar-refractivity contribution in [3.8, 4) is 11.3 Å². The van der Waals surface area contributed by atoms with E-state index in [4.69, 9.17) is 4.74 Å². The van der Waals surface area contributed by atoms with Gasteiger partial charge in [0.2, 0.25) is 0 Å². The Balaban J connectivity index is 1.72. The standard InChI is InChI=1S/C23H30F2N4O4/c1-13(30)23(32)29(12-15-9-26-11-20(15)31)21(14-4-6-33-7-5-14)22-27-10-19(28-22)17-8-16(24)2-3-18(17)25/h2-3,8,10,13-15,20-21,26,30-31H,4-7,9,11-12H2,1H3,(H,27,28). The molecule has 33 heavy (non-hydrogen) atoms. The molecule has 3 heterocycles. The van der Waals surface area contributed by atoms with E-state index in [0.29, 0.717) is 50.7 Å². The van der Waals surface area contributed by atoms with Gasteiger partial charge in [-0.05, 0) is 43.9 Å². The molecule has 1 amide bonds. The van der Waals surface area contributed by atoms with E-state index in [1.165, 1.54) is 13.1 Å². The lowest BCUT2D eigenvalue weighted by molar-refractivity contribution is -0.145. The third kappa shape index (κ3) is 5.24. The van der Waals surface area contributed by atoms with Crippen molar-refractivity contribution in [2.24, 2.45) is 11.8 Å². The van der Waals surface area contributed by atoms with E-state index < -0.39 is 35.8 Å². The molecule has 4 rings (SSSR count). The average Bonchev–Trinajstić information content (AvgIpc) is 3.44. The Morgan fingerprint density at radius 3 is 2.73 bits per heavy atom. The molecule has 2 fully saturated rings. The molecule has 180 valence electrons. The van der Waals surface area contributed by atoms with Gasteiger partial charge in [0.1, 0.15) is 23.6 Å². The summed E-state index contributed by atoms with van der Waals surface area (Å²) < 4.78 is 33.6. The van der Waals surface area contributed by atoms with Gasteiger partial charge in [-0.3, -0.25) is 4.79 Å². The van der Waals surface area contributed by atoms with Crippen LogP contribution in [0.5, 0.6) is 0 Å². The van der Waals surface area contributed by atoms with Gasteiger partial charge in [-0.1, -0.05) is 0 Å². The van der Waals surface area contributed by atoms with E-state index in [0.717, 1.165) is 18.2 Å². The molecule has 0 spiro atoms. The fraction of sp³-hybridized carbons (Fsp3) is 0.565. The summed E-state index contributed by atoms with van der Waals surface area (Å²) in [5.74, 6) is -1.44. The lowest BCUT2D eigenvalue weighted by atomic mass is 9.88. The van der Waals surface area contributed by atoms with E-state index in [1.54, 1.807) is 4.90 Å². The smallest absolute Gasteiger partial charge is 0.251 e. The van der Waals surface area contributed by atoms with Crippen LogP contribution in [0.15, 0.2) is 24.4 Å². The largest absolute Gasteiger partial charge is 0.391 e. The van der Waals surface area contributed by atoms with Crippen LogP contribution in [0.25, 0.3) is 11.3 Å². The van der Waals surface area contributed by atoms with Crippen molar-refractivity contribution >= 4 is 5.91 Å². The SMILES string of the molecule is CC(O)C(=O)N(CC1CNCC1O)C(c1ncc(-c2cc(F)ccc2F)[nH]1)C1CCOCC1. The molecule has 2 aliphatic rings. The average molecular weight is 465 g/mol. The Hall–Kier alpha value is -2.40. The Morgan fingerprint density at radius 1 is 1.30 bits per heavy atom. The highest BCUT2D eigenvalue weighted by Crippen LogP contribution is 2.36. The van der Waals surface area contributed by atoms with Crippen molar-refractivity contribution < 1.29 is 28.5 Å². The summed E-state index contributed by atoms with van der Waals surface area (Å²) in [6.07, 6.45) is 0.914. The number of carbonyl (C=O) groups excluding carboxylic acids is 1. The maximum Gasteiger partial charge on any atom is 0.251 e. The van der Waals surface area contributed by atoms with Crippen LogP contribution >= 0.6 is 0 Å². The van der Waals surface area contributed by atoms with Crippen molar-refractivity contribution in [2.75, 3.05) is 32.8 Å². The fourth-order valence-electron chi connectivity index (χ4n) is 4.72. The summed E-state index contributed by atoms with van der Waals surface area (Å²) in [5.41, 5.74) is 0.342. The fourth-order valence-corrected chi connectivity index (χ4v) is 4.72. The monoisotopic (exact) mass is 464 g/mol. The molecule has 1 aromatic heterocycles. The number of benzene rings is 1. The number of hydrogen-bond acceptors (Lipinski definition) is 6. The van der Waals surface area contributed by atoms with Gasteiger partial charge < -0.3 is 30.2 Å². The topological polar surface area (TPSA) is 111 Å². The number of amides is 1. The van der Waals surface area contributed by atoms with E-state index >= 15 is 0 Å². The van der Waals surface area contributed by atoms with Crippen molar-refractivity contribution in [3.63, 3.8) is 0 Å². The first-order chi connectivity index (χ1) is 15.8. The van der Waals surface area contributed by atoms with Crippen LogP contribution in [0.1, 0.15) is 31.6 Å². The molecule has 0 bridgehead atoms. The number of nitrogens with zero attached hydrogens (tertiary/aromatic N) is 2. The van der Waals surface area contributed by atoms with Gasteiger partial charge in [-0.25, -0.2) is 13.8 Å². The van der Waals surface area contributed by atoms with Gasteiger partial charge in [0.05, 0.1) is 24.0 Å². The van der Waals surface area contributed by atoms with E-state index in [2.05, 4.69) is 15.3 Å². The summed E-state index contributed by atoms with van der Waals surface area (Å²) in [6.45, 7) is 3.67. The zero-order valence-electron chi connectivity index (χ0n) is 18.5. The van der Waals surface area contributed by atoms with E-state index in [1.807, 2.05) is 0 Å². The number of aromatic amines is 1. The minimum atomic E-state index is -1.24. The first kappa shape index (κ1) is 23.7. The number of β-amino-alcohol motifs (C(OH)–C–C–N with tert-alkyl or cyclic N) is 1. The number of carbonyl (C=O) groups is 1. The molecule has 4 atom stereocenters. The minimum absolute atomic E-state index is 0.0238. The predicted octanol–water partition coefficient (Wildman–Crippen LogP) is 1.61. The maximum atomic E-state index is 14.4. The van der Waals surface area contributed by atoms with Crippen LogP contribution in [-0.4, -0.2) is 76.0 Å². The predicted molar refractivity (Wildman–Crippen MR) is 116 cm³/mol. The molecule has 0 aliphatic carbocycles. The third-order valence-electron chi connectivity index (χ3n) is 6.52. The van der Waals surface area contributed by atoms with Gasteiger partial charge in [0, 0.05) is 44.3 Å². The minimum Gasteiger partial charge on any atom is -0.391 e. The third-order valence-corrected chi connectivity index (χ3v) is 6.52. The summed E-state index contributed by atoms with van der Waals surface area (Å²) >= 11 is 0. The Kier molecular flexibility index (Phi) is 7.38. The van der Waals surface area contributed by atoms with E-state index in [9.17, 15) is 23.8 Å². The lowest BCUT2D eigenvalue weighted by Gasteiger charge is -2.39. The second-order valence-corrected chi connectivity index (χ2v) is 8.85. The first-order valence-electron chi connectivity index (χ1n) is 11.3. The van der Waals surface area contributed by atoms with Gasteiger partial charge >= 0.3 is 0 Å². The van der Waals surface area contributed by atoms with Gasteiger partial charge in [0.15, 0.2) is 0 Å². The molecule has 2 aromatic rings. The number of aromatic nitrogens is 2. The van der Waals surface area contributed by atoms with Crippen LogP contribution in [0, 0.1) is 23.5 Å². The highest BCUT2D eigenvalue weighted by molar-refractivity contribution is 5.80. The molecule has 4 unspecified atom stereocenters. The number of rotatable bonds is 7. The maximum absolute atomic E-state index is 14.4. The molecule has 0 saturated carbocycles. The molecule has 2 saturated heterocycles. The number of H-pyrrole nitrogens is 1. The van der Waals surface area contributed by atoms with Crippen LogP contribution < -0.4 is 5.32 Å². The summed E-state index contributed by atoms with van der Waals surface area (Å²) in [5, 5.41) is 23.6. The number of hydrogen-bond donors (Lipinski definition) is 4. The second kappa shape index (κ2) is 10.3. The summed E-state index contributed by atoms with van der Waals surface area (Å²) in [6, 6.07) is 2.65. The molecule has 10 heteroatoms. The van der Waals surface area contributed by atoms with Crippen LogP contribution in [0.4, 0.5) is 8.78 Å². The highest BCUT2D eigenvalue weighted by atomic mass is 19.1. The number of imidazole rings is 1. The number of aliphatic hydroxyl groups is 2. The first-order valence-corrected chi connectivity index (χ1v) is 11.3. The zero-order valence-corrected chi connectivity index (χ0v) is 18.5. The Bertz CT molecular complexity index is 964. The Labute approximate surface area is 191 Å². The van der Waals surface area contributed by atoms with Crippen LogP contribution in [-0.2, 0) is 9.53 Å². The highest BCUT2D eigenvalue weighted by Gasteiger charge is 2.39. The Morgan fingerprint density at radius 2 is 2.06 bits per heavy atom. The van der Waals surface area contributed by atoms with Gasteiger partial charge in [-0.2, -0.15) is 0 Å². The number of ether oxygens (including phenoxy) is 1. The molecule has 2 aliphatic heterocycles. The number of aliphatic hydroxyl groups excluding tert-OH is 2. The normalized spacial score (nSPS) is 23.4. The molecule has 1 aromatic carbocycles. The van der Waals surface area contributed by atoms with E-state index in [-0.39, 0.29) is 23.9 Å². The summed E-state index contributed by atoms with van der Waals surface area (Å²) in [7, 11) is 0. The molecule has 4 N–H and O–H groups in total. The van der Waals surface area contributed by atoms with Crippen molar-refractivity contribution in [3.05, 3.63) is 41.9 Å². The van der Waals surface area contributed by atoms with Crippen LogP contribution in [0.2, 0.25) is 0 Å². The quantitative estimate of drug-likeness (QED) is 0.496. The van der Waals surface area contributed by atoms with Gasteiger partial charge in [-0.15, -0.1) is 0 Å². The molecular weight excluding hydrogens is 434 g/mol. The van der Waals surface area contributed by atoms with Crippen molar-refractivity contribution in [2.45, 2.75) is 38.0 Å². The zero-order chi connectivity index (χ0) is 23.5.